The van der Waals surface area contributed by atoms with E-state index in [1.807, 2.05) is 13.0 Å². The SMILES string of the molecule is COC(C)CN=C(N)Nc1ccc(C)c(C)c1. The highest BCUT2D eigenvalue weighted by Gasteiger charge is 2.00. The number of nitrogens with one attached hydrogen (secondary N) is 1. The monoisotopic (exact) mass is 235 g/mol. The summed E-state index contributed by atoms with van der Waals surface area (Å²) in [5.41, 5.74) is 9.23. The highest BCUT2D eigenvalue weighted by Crippen LogP contribution is 2.13. The van der Waals surface area contributed by atoms with Crippen molar-refractivity contribution in [1.29, 1.82) is 0 Å². The quantitative estimate of drug-likeness (QED) is 0.620. The first-order valence-electron chi connectivity index (χ1n) is 5.70. The van der Waals surface area contributed by atoms with Crippen LogP contribution in [0.15, 0.2) is 23.2 Å². The molecule has 0 saturated carbocycles. The van der Waals surface area contributed by atoms with E-state index in [4.69, 9.17) is 10.5 Å². The van der Waals surface area contributed by atoms with Crippen LogP contribution in [0.2, 0.25) is 0 Å². The number of aryl methyl sites for hydroxylation is 2. The first-order valence-corrected chi connectivity index (χ1v) is 5.70. The Labute approximate surface area is 103 Å². The number of anilines is 1. The molecule has 0 radical (unpaired) electrons. The Hall–Kier alpha value is -1.55. The molecule has 4 heteroatoms. The Morgan fingerprint density at radius 3 is 2.71 bits per heavy atom. The zero-order valence-corrected chi connectivity index (χ0v) is 10.9. The summed E-state index contributed by atoms with van der Waals surface area (Å²) >= 11 is 0. The Morgan fingerprint density at radius 2 is 2.12 bits per heavy atom. The minimum atomic E-state index is 0.0788. The van der Waals surface area contributed by atoms with Crippen LogP contribution < -0.4 is 11.1 Å². The third-order valence-electron chi connectivity index (χ3n) is 2.70. The lowest BCUT2D eigenvalue weighted by atomic mass is 10.1. The number of methoxy groups -OCH3 is 1. The fraction of sp³-hybridized carbons (Fsp3) is 0.462. The van der Waals surface area contributed by atoms with E-state index in [0.717, 1.165) is 5.69 Å². The number of nitrogens with zero attached hydrogens (tertiary/aromatic N) is 1. The third-order valence-corrected chi connectivity index (χ3v) is 2.70. The normalized spacial score (nSPS) is 13.5. The summed E-state index contributed by atoms with van der Waals surface area (Å²) < 4.78 is 5.10. The second kappa shape index (κ2) is 6.25. The molecule has 17 heavy (non-hydrogen) atoms. The van der Waals surface area contributed by atoms with E-state index in [1.165, 1.54) is 11.1 Å². The largest absolute Gasteiger partial charge is 0.380 e. The molecule has 3 N–H and O–H groups in total. The van der Waals surface area contributed by atoms with E-state index >= 15 is 0 Å². The van der Waals surface area contributed by atoms with Crippen molar-refractivity contribution < 1.29 is 4.74 Å². The van der Waals surface area contributed by atoms with Crippen LogP contribution in [0.1, 0.15) is 18.1 Å². The number of benzene rings is 1. The van der Waals surface area contributed by atoms with Gasteiger partial charge in [0, 0.05) is 12.8 Å². The van der Waals surface area contributed by atoms with Gasteiger partial charge in [-0.2, -0.15) is 0 Å². The smallest absolute Gasteiger partial charge is 0.193 e. The number of aliphatic imine (C=N–C) groups is 1. The molecule has 0 heterocycles. The van der Waals surface area contributed by atoms with Crippen molar-refractivity contribution in [3.63, 3.8) is 0 Å². The van der Waals surface area contributed by atoms with Crippen molar-refractivity contribution >= 4 is 11.6 Å². The van der Waals surface area contributed by atoms with Crippen molar-refractivity contribution in [3.8, 4) is 0 Å². The van der Waals surface area contributed by atoms with Crippen LogP contribution in [-0.2, 0) is 4.74 Å². The zero-order valence-electron chi connectivity index (χ0n) is 10.9. The molecule has 0 aliphatic rings. The molecular formula is C13H21N3O. The fourth-order valence-corrected chi connectivity index (χ4v) is 1.31. The molecule has 4 nitrogen and oxygen atoms in total. The van der Waals surface area contributed by atoms with Gasteiger partial charge in [-0.05, 0) is 44.0 Å². The average Bonchev–Trinajstić information content (AvgIpc) is 2.31. The maximum Gasteiger partial charge on any atom is 0.193 e. The summed E-state index contributed by atoms with van der Waals surface area (Å²) in [7, 11) is 1.66. The van der Waals surface area contributed by atoms with Gasteiger partial charge in [-0.3, -0.25) is 4.99 Å². The van der Waals surface area contributed by atoms with Crippen LogP contribution in [0.4, 0.5) is 5.69 Å². The van der Waals surface area contributed by atoms with Crippen LogP contribution in [0.3, 0.4) is 0 Å². The van der Waals surface area contributed by atoms with E-state index < -0.39 is 0 Å². The summed E-state index contributed by atoms with van der Waals surface area (Å²) in [6.07, 6.45) is 0.0788. The van der Waals surface area contributed by atoms with E-state index in [2.05, 4.69) is 36.3 Å². The molecular weight excluding hydrogens is 214 g/mol. The number of rotatable bonds is 4. The molecule has 1 rings (SSSR count). The second-order valence-corrected chi connectivity index (χ2v) is 4.20. The van der Waals surface area contributed by atoms with Gasteiger partial charge in [0.05, 0.1) is 12.6 Å². The number of hydrogen-bond donors (Lipinski definition) is 2. The van der Waals surface area contributed by atoms with Crippen LogP contribution >= 0.6 is 0 Å². The molecule has 1 unspecified atom stereocenters. The highest BCUT2D eigenvalue weighted by atomic mass is 16.5. The van der Waals surface area contributed by atoms with Gasteiger partial charge < -0.3 is 15.8 Å². The van der Waals surface area contributed by atoms with Crippen molar-refractivity contribution in [1.82, 2.24) is 0 Å². The van der Waals surface area contributed by atoms with Gasteiger partial charge in [0.1, 0.15) is 0 Å². The Balaban J connectivity index is 2.61. The molecule has 0 aromatic heterocycles. The predicted octanol–water partition coefficient (Wildman–Crippen LogP) is 2.06. The molecule has 1 atom stereocenters. The fourth-order valence-electron chi connectivity index (χ4n) is 1.31. The van der Waals surface area contributed by atoms with Crippen molar-refractivity contribution in [2.24, 2.45) is 10.7 Å². The van der Waals surface area contributed by atoms with Crippen LogP contribution in [0.5, 0.6) is 0 Å². The highest BCUT2D eigenvalue weighted by molar-refractivity contribution is 5.92. The Kier molecular flexibility index (Phi) is 4.97. The minimum Gasteiger partial charge on any atom is -0.380 e. The van der Waals surface area contributed by atoms with Crippen LogP contribution in [0.25, 0.3) is 0 Å². The molecule has 94 valence electrons. The van der Waals surface area contributed by atoms with Gasteiger partial charge in [0.25, 0.3) is 0 Å². The van der Waals surface area contributed by atoms with Crippen LogP contribution in [-0.4, -0.2) is 25.7 Å². The third kappa shape index (κ3) is 4.44. The summed E-state index contributed by atoms with van der Waals surface area (Å²) in [4.78, 5) is 4.20. The topological polar surface area (TPSA) is 59.6 Å². The van der Waals surface area contributed by atoms with E-state index in [1.54, 1.807) is 7.11 Å². The number of hydrogen-bond acceptors (Lipinski definition) is 2. The maximum absolute atomic E-state index is 5.78. The molecule has 0 amide bonds. The molecule has 0 bridgehead atoms. The number of nitrogens with two attached hydrogens (primary N) is 1. The van der Waals surface area contributed by atoms with Crippen molar-refractivity contribution in [3.05, 3.63) is 29.3 Å². The Bertz CT molecular complexity index is 402. The first kappa shape index (κ1) is 13.5. The van der Waals surface area contributed by atoms with Gasteiger partial charge in [-0.1, -0.05) is 6.07 Å². The van der Waals surface area contributed by atoms with E-state index in [9.17, 15) is 0 Å². The molecule has 0 saturated heterocycles. The van der Waals surface area contributed by atoms with Gasteiger partial charge in [0.15, 0.2) is 5.96 Å². The summed E-state index contributed by atoms with van der Waals surface area (Å²) in [6, 6.07) is 6.10. The molecule has 0 fully saturated rings. The standard InChI is InChI=1S/C13H21N3O/c1-9-5-6-12(7-10(9)2)16-13(14)15-8-11(3)17-4/h5-7,11H,8H2,1-4H3,(H3,14,15,16). The summed E-state index contributed by atoms with van der Waals surface area (Å²) in [5.74, 6) is 0.414. The van der Waals surface area contributed by atoms with E-state index in [-0.39, 0.29) is 6.10 Å². The summed E-state index contributed by atoms with van der Waals surface area (Å²) in [6.45, 7) is 6.66. The van der Waals surface area contributed by atoms with Gasteiger partial charge >= 0.3 is 0 Å². The Morgan fingerprint density at radius 1 is 1.41 bits per heavy atom. The lowest BCUT2D eigenvalue weighted by Crippen LogP contribution is -2.24. The van der Waals surface area contributed by atoms with Crippen molar-refractivity contribution in [2.75, 3.05) is 19.0 Å². The van der Waals surface area contributed by atoms with Gasteiger partial charge in [0.2, 0.25) is 0 Å². The van der Waals surface area contributed by atoms with Gasteiger partial charge in [-0.15, -0.1) is 0 Å². The van der Waals surface area contributed by atoms with Crippen LogP contribution in [0, 0.1) is 13.8 Å². The second-order valence-electron chi connectivity index (χ2n) is 4.20. The minimum absolute atomic E-state index is 0.0788. The van der Waals surface area contributed by atoms with Crippen molar-refractivity contribution in [2.45, 2.75) is 26.9 Å². The first-order chi connectivity index (χ1) is 8.02. The van der Waals surface area contributed by atoms with Gasteiger partial charge in [-0.25, -0.2) is 0 Å². The molecule has 1 aromatic carbocycles. The van der Waals surface area contributed by atoms with E-state index in [0.29, 0.717) is 12.5 Å². The number of guanidine groups is 1. The predicted molar refractivity (Wildman–Crippen MR) is 72.5 cm³/mol. The summed E-state index contributed by atoms with van der Waals surface area (Å²) in [5, 5.41) is 3.06. The molecule has 0 spiro atoms. The molecule has 0 aliphatic carbocycles. The average molecular weight is 235 g/mol. The molecule has 1 aromatic rings. The zero-order chi connectivity index (χ0) is 12.8. The number of ether oxygens (including phenoxy) is 1. The maximum atomic E-state index is 5.78. The lowest BCUT2D eigenvalue weighted by molar-refractivity contribution is 0.125. The lowest BCUT2D eigenvalue weighted by Gasteiger charge is -2.09. The molecule has 0 aliphatic heterocycles.